The highest BCUT2D eigenvalue weighted by Gasteiger charge is 2.29. The molecule has 0 fully saturated rings. The normalized spacial score (nSPS) is 15.3. The molecule has 2 heterocycles. The Morgan fingerprint density at radius 3 is 2.44 bits per heavy atom. The molecule has 0 spiro atoms. The van der Waals surface area contributed by atoms with Crippen LogP contribution < -0.4 is 0 Å². The molecule has 1 aromatic heterocycles. The van der Waals surface area contributed by atoms with Gasteiger partial charge in [-0.1, -0.05) is 60.7 Å². The minimum atomic E-state index is -0.952. The molecule has 4 rings (SSSR count). The predicted octanol–water partition coefficient (Wildman–Crippen LogP) is 3.75. The molecule has 0 aliphatic carbocycles. The van der Waals surface area contributed by atoms with Gasteiger partial charge in [0.1, 0.15) is 0 Å². The van der Waals surface area contributed by atoms with Crippen LogP contribution in [0.5, 0.6) is 0 Å². The molecule has 2 aromatic carbocycles. The molecule has 0 radical (unpaired) electrons. The maximum atomic E-state index is 11.8. The van der Waals surface area contributed by atoms with Crippen LogP contribution >= 0.6 is 0 Å². The highest BCUT2D eigenvalue weighted by atomic mass is 16.4. The third-order valence-corrected chi connectivity index (χ3v) is 5.27. The molecule has 0 saturated heterocycles. The van der Waals surface area contributed by atoms with Gasteiger partial charge < -0.3 is 5.11 Å². The summed E-state index contributed by atoms with van der Waals surface area (Å²) in [5, 5.41) is 14.2. The van der Waals surface area contributed by atoms with Crippen LogP contribution in [0.15, 0.2) is 60.7 Å². The zero-order valence-corrected chi connectivity index (χ0v) is 15.4. The lowest BCUT2D eigenvalue weighted by Crippen LogP contribution is -2.31. The van der Waals surface area contributed by atoms with Gasteiger partial charge in [-0.05, 0) is 18.1 Å². The van der Waals surface area contributed by atoms with E-state index in [-0.39, 0.29) is 11.7 Å². The second-order valence-electron chi connectivity index (χ2n) is 7.06. The Labute approximate surface area is 158 Å². The van der Waals surface area contributed by atoms with Gasteiger partial charge in [0.25, 0.3) is 0 Å². The second-order valence-corrected chi connectivity index (χ2v) is 7.06. The van der Waals surface area contributed by atoms with Gasteiger partial charge in [0.15, 0.2) is 5.69 Å². The molecular weight excluding hydrogens is 338 g/mol. The summed E-state index contributed by atoms with van der Waals surface area (Å²) >= 11 is 0. The van der Waals surface area contributed by atoms with E-state index in [1.807, 2.05) is 41.1 Å². The van der Waals surface area contributed by atoms with Crippen molar-refractivity contribution in [2.24, 2.45) is 0 Å². The summed E-state index contributed by atoms with van der Waals surface area (Å²) in [6, 6.07) is 20.4. The molecule has 5 heteroatoms. The lowest BCUT2D eigenvalue weighted by molar-refractivity contribution is 0.0686. The average molecular weight is 361 g/mol. The summed E-state index contributed by atoms with van der Waals surface area (Å²) in [7, 11) is 0. The Bertz CT molecular complexity index is 935. The topological polar surface area (TPSA) is 58.4 Å². The molecular formula is C22H23N3O2. The maximum Gasteiger partial charge on any atom is 0.356 e. The van der Waals surface area contributed by atoms with Crippen molar-refractivity contribution in [3.05, 3.63) is 88.7 Å². The summed E-state index contributed by atoms with van der Waals surface area (Å²) in [6.45, 7) is 4.41. The molecule has 138 valence electrons. The van der Waals surface area contributed by atoms with Gasteiger partial charge in [-0.2, -0.15) is 5.10 Å². The van der Waals surface area contributed by atoms with Crippen molar-refractivity contribution in [1.29, 1.82) is 0 Å². The molecule has 0 saturated carbocycles. The number of hydrogen-bond acceptors (Lipinski definition) is 3. The molecule has 1 N–H and O–H groups in total. The van der Waals surface area contributed by atoms with Gasteiger partial charge in [0.05, 0.1) is 6.04 Å². The summed E-state index contributed by atoms with van der Waals surface area (Å²) in [5.41, 5.74) is 4.46. The summed E-state index contributed by atoms with van der Waals surface area (Å²) in [5.74, 6) is -0.952. The van der Waals surface area contributed by atoms with E-state index in [1.165, 1.54) is 5.56 Å². The van der Waals surface area contributed by atoms with Gasteiger partial charge >= 0.3 is 5.97 Å². The smallest absolute Gasteiger partial charge is 0.356 e. The van der Waals surface area contributed by atoms with Gasteiger partial charge in [0.2, 0.25) is 0 Å². The highest BCUT2D eigenvalue weighted by molar-refractivity contribution is 5.87. The third-order valence-electron chi connectivity index (χ3n) is 5.27. The molecule has 3 aromatic rings. The van der Waals surface area contributed by atoms with E-state index in [0.29, 0.717) is 6.54 Å². The number of carboxylic acids is 1. The van der Waals surface area contributed by atoms with E-state index in [0.717, 1.165) is 36.3 Å². The number of benzene rings is 2. The lowest BCUT2D eigenvalue weighted by atomic mass is 10.0. The molecule has 1 aliphatic heterocycles. The van der Waals surface area contributed by atoms with Crippen molar-refractivity contribution in [3.63, 3.8) is 0 Å². The van der Waals surface area contributed by atoms with Crippen molar-refractivity contribution in [2.45, 2.75) is 32.5 Å². The van der Waals surface area contributed by atoms with Gasteiger partial charge in [-0.15, -0.1) is 0 Å². The fourth-order valence-electron chi connectivity index (χ4n) is 3.84. The molecule has 27 heavy (non-hydrogen) atoms. The van der Waals surface area contributed by atoms with Crippen molar-refractivity contribution in [1.82, 2.24) is 14.7 Å². The molecule has 1 unspecified atom stereocenters. The van der Waals surface area contributed by atoms with Crippen LogP contribution in [0.4, 0.5) is 0 Å². The summed E-state index contributed by atoms with van der Waals surface area (Å²) in [4.78, 5) is 14.1. The highest BCUT2D eigenvalue weighted by Crippen LogP contribution is 2.28. The van der Waals surface area contributed by atoms with Gasteiger partial charge in [-0.25, -0.2) is 4.79 Å². The number of fused-ring (bicyclic) bond motifs is 1. The Kier molecular flexibility index (Phi) is 4.77. The van der Waals surface area contributed by atoms with Crippen LogP contribution in [0, 0.1) is 0 Å². The molecule has 1 atom stereocenters. The molecule has 0 amide bonds. The van der Waals surface area contributed by atoms with E-state index < -0.39 is 5.97 Å². The van der Waals surface area contributed by atoms with Crippen molar-refractivity contribution >= 4 is 5.97 Å². The number of aromatic carboxylic acids is 1. The van der Waals surface area contributed by atoms with Gasteiger partial charge in [0, 0.05) is 37.3 Å². The summed E-state index contributed by atoms with van der Waals surface area (Å²) in [6.07, 6.45) is 0.805. The molecule has 5 nitrogen and oxygen atoms in total. The Morgan fingerprint density at radius 2 is 1.78 bits per heavy atom. The maximum absolute atomic E-state index is 11.8. The third kappa shape index (κ3) is 3.51. The minimum absolute atomic E-state index is 0.00808. The Morgan fingerprint density at radius 1 is 1.11 bits per heavy atom. The lowest BCUT2D eigenvalue weighted by Gasteiger charge is -2.28. The quantitative estimate of drug-likeness (QED) is 0.752. The van der Waals surface area contributed by atoms with E-state index in [9.17, 15) is 9.90 Å². The first-order chi connectivity index (χ1) is 13.1. The van der Waals surface area contributed by atoms with Gasteiger partial charge in [-0.3, -0.25) is 9.58 Å². The number of hydrogen-bond donors (Lipinski definition) is 1. The predicted molar refractivity (Wildman–Crippen MR) is 104 cm³/mol. The number of carboxylic acid groups (broad SMARTS) is 1. The number of rotatable bonds is 5. The van der Waals surface area contributed by atoms with E-state index in [2.05, 4.69) is 41.2 Å². The van der Waals surface area contributed by atoms with Crippen LogP contribution in [0.1, 0.15) is 45.8 Å². The summed E-state index contributed by atoms with van der Waals surface area (Å²) < 4.78 is 1.91. The first kappa shape index (κ1) is 17.5. The minimum Gasteiger partial charge on any atom is -0.476 e. The first-order valence-corrected chi connectivity index (χ1v) is 9.28. The fourth-order valence-corrected chi connectivity index (χ4v) is 3.84. The zero-order valence-electron chi connectivity index (χ0n) is 15.4. The van der Waals surface area contributed by atoms with Crippen molar-refractivity contribution < 1.29 is 9.90 Å². The van der Waals surface area contributed by atoms with Crippen LogP contribution in [0.2, 0.25) is 0 Å². The van der Waals surface area contributed by atoms with Crippen molar-refractivity contribution in [2.75, 3.05) is 6.54 Å². The zero-order chi connectivity index (χ0) is 18.8. The van der Waals surface area contributed by atoms with E-state index in [4.69, 9.17) is 0 Å². The number of nitrogens with zero attached hydrogens (tertiary/aromatic N) is 3. The Hall–Kier alpha value is -2.92. The van der Waals surface area contributed by atoms with E-state index >= 15 is 0 Å². The first-order valence-electron chi connectivity index (χ1n) is 9.28. The number of aromatic nitrogens is 2. The number of carbonyl (C=O) groups is 1. The SMILES string of the molecule is CC(c1ccccc1)n1nc(C(=O)O)c2c1CCN(Cc1ccccc1)C2. The van der Waals surface area contributed by atoms with Crippen LogP contribution in [-0.2, 0) is 19.5 Å². The van der Waals surface area contributed by atoms with Crippen LogP contribution in [0.3, 0.4) is 0 Å². The fraction of sp³-hybridized carbons (Fsp3) is 0.273. The largest absolute Gasteiger partial charge is 0.476 e. The molecule has 1 aliphatic rings. The van der Waals surface area contributed by atoms with Crippen LogP contribution in [0.25, 0.3) is 0 Å². The average Bonchev–Trinajstić information content (AvgIpc) is 3.08. The standard InChI is InChI=1S/C22H23N3O2/c1-16(18-10-6-3-7-11-18)25-20-12-13-24(14-17-8-4-2-5-9-17)15-19(20)21(23-25)22(26)27/h2-11,16H,12-15H2,1H3,(H,26,27). The van der Waals surface area contributed by atoms with E-state index in [1.54, 1.807) is 0 Å². The monoisotopic (exact) mass is 361 g/mol. The van der Waals surface area contributed by atoms with Crippen molar-refractivity contribution in [3.8, 4) is 0 Å². The Balaban J connectivity index is 1.65. The second kappa shape index (κ2) is 7.37. The molecule has 0 bridgehead atoms. The van der Waals surface area contributed by atoms with Crippen LogP contribution in [-0.4, -0.2) is 32.3 Å².